The molecule has 0 atom stereocenters. The van der Waals surface area contributed by atoms with E-state index in [1.165, 1.54) is 0 Å². The molecule has 0 aliphatic heterocycles. The van der Waals surface area contributed by atoms with Gasteiger partial charge in [0.05, 0.1) is 19.8 Å². The Morgan fingerprint density at radius 3 is 2.18 bits per heavy atom. The van der Waals surface area contributed by atoms with Crippen LogP contribution in [0.3, 0.4) is 0 Å². The fraction of sp³-hybridized carbons (Fsp3) is 0.143. The standard InChI is InChI=1S/C14H14O3/c1-16-11-8-6-10(7-9-11)14-12(15)4-3-5-13(14)17-2/h3-9,15H,1-2H3. The second-order valence-corrected chi connectivity index (χ2v) is 3.58. The molecule has 0 spiro atoms. The first-order valence-corrected chi connectivity index (χ1v) is 5.26. The van der Waals surface area contributed by atoms with Gasteiger partial charge in [0.25, 0.3) is 0 Å². The summed E-state index contributed by atoms with van der Waals surface area (Å²) < 4.78 is 10.3. The number of methoxy groups -OCH3 is 2. The molecular formula is C14H14O3. The quantitative estimate of drug-likeness (QED) is 0.880. The average molecular weight is 230 g/mol. The molecule has 0 saturated heterocycles. The van der Waals surface area contributed by atoms with Gasteiger partial charge < -0.3 is 14.6 Å². The van der Waals surface area contributed by atoms with E-state index in [0.717, 1.165) is 11.3 Å². The first kappa shape index (κ1) is 11.3. The minimum absolute atomic E-state index is 0.203. The molecular weight excluding hydrogens is 216 g/mol. The number of rotatable bonds is 3. The number of aromatic hydroxyl groups is 1. The van der Waals surface area contributed by atoms with Gasteiger partial charge in [0.1, 0.15) is 17.2 Å². The molecule has 2 rings (SSSR count). The zero-order valence-electron chi connectivity index (χ0n) is 9.81. The maximum atomic E-state index is 9.89. The average Bonchev–Trinajstić information content (AvgIpc) is 2.38. The highest BCUT2D eigenvalue weighted by Crippen LogP contribution is 2.37. The number of phenolic OH excluding ortho intramolecular Hbond substituents is 1. The molecule has 88 valence electrons. The summed E-state index contributed by atoms with van der Waals surface area (Å²) in [7, 11) is 3.21. The van der Waals surface area contributed by atoms with Gasteiger partial charge in [0, 0.05) is 0 Å². The van der Waals surface area contributed by atoms with Crippen LogP contribution in [0.4, 0.5) is 0 Å². The van der Waals surface area contributed by atoms with E-state index in [-0.39, 0.29) is 5.75 Å². The maximum Gasteiger partial charge on any atom is 0.130 e. The normalized spacial score (nSPS) is 10.0. The van der Waals surface area contributed by atoms with E-state index in [9.17, 15) is 5.11 Å². The Bertz CT molecular complexity index is 503. The van der Waals surface area contributed by atoms with Crippen molar-refractivity contribution < 1.29 is 14.6 Å². The van der Waals surface area contributed by atoms with Gasteiger partial charge in [-0.05, 0) is 29.8 Å². The Balaban J connectivity index is 2.51. The van der Waals surface area contributed by atoms with Crippen molar-refractivity contribution in [2.45, 2.75) is 0 Å². The molecule has 2 aromatic rings. The molecule has 17 heavy (non-hydrogen) atoms. The van der Waals surface area contributed by atoms with E-state index in [0.29, 0.717) is 11.3 Å². The van der Waals surface area contributed by atoms with Gasteiger partial charge in [0.15, 0.2) is 0 Å². The minimum Gasteiger partial charge on any atom is -0.507 e. The predicted molar refractivity (Wildman–Crippen MR) is 66.6 cm³/mol. The van der Waals surface area contributed by atoms with Gasteiger partial charge in [-0.1, -0.05) is 18.2 Å². The lowest BCUT2D eigenvalue weighted by Crippen LogP contribution is -1.89. The Morgan fingerprint density at radius 1 is 0.882 bits per heavy atom. The van der Waals surface area contributed by atoms with Crippen molar-refractivity contribution >= 4 is 0 Å². The zero-order valence-corrected chi connectivity index (χ0v) is 9.81. The SMILES string of the molecule is COc1ccc(-c2c(O)cccc2OC)cc1. The second kappa shape index (κ2) is 4.78. The van der Waals surface area contributed by atoms with E-state index < -0.39 is 0 Å². The number of hydrogen-bond acceptors (Lipinski definition) is 3. The van der Waals surface area contributed by atoms with E-state index in [1.54, 1.807) is 26.4 Å². The van der Waals surface area contributed by atoms with Crippen molar-refractivity contribution in [2.75, 3.05) is 14.2 Å². The van der Waals surface area contributed by atoms with Gasteiger partial charge in [-0.3, -0.25) is 0 Å². The molecule has 0 aliphatic carbocycles. The van der Waals surface area contributed by atoms with Crippen LogP contribution in [0.15, 0.2) is 42.5 Å². The van der Waals surface area contributed by atoms with Crippen LogP contribution in [0.2, 0.25) is 0 Å². The molecule has 1 N–H and O–H groups in total. The summed E-state index contributed by atoms with van der Waals surface area (Å²) in [4.78, 5) is 0. The molecule has 0 saturated carbocycles. The van der Waals surface area contributed by atoms with Gasteiger partial charge in [-0.2, -0.15) is 0 Å². The third-order valence-electron chi connectivity index (χ3n) is 2.60. The summed E-state index contributed by atoms with van der Waals surface area (Å²) in [6, 6.07) is 12.7. The Labute approximate surface area is 100 Å². The maximum absolute atomic E-state index is 9.89. The highest BCUT2D eigenvalue weighted by Gasteiger charge is 2.10. The van der Waals surface area contributed by atoms with Crippen LogP contribution in [-0.2, 0) is 0 Å². The van der Waals surface area contributed by atoms with Crippen molar-refractivity contribution in [1.82, 2.24) is 0 Å². The topological polar surface area (TPSA) is 38.7 Å². The van der Waals surface area contributed by atoms with Gasteiger partial charge >= 0.3 is 0 Å². The van der Waals surface area contributed by atoms with Gasteiger partial charge in [0.2, 0.25) is 0 Å². The predicted octanol–water partition coefficient (Wildman–Crippen LogP) is 3.08. The third kappa shape index (κ3) is 2.18. The van der Waals surface area contributed by atoms with Crippen molar-refractivity contribution in [3.05, 3.63) is 42.5 Å². The van der Waals surface area contributed by atoms with Crippen molar-refractivity contribution in [2.24, 2.45) is 0 Å². The van der Waals surface area contributed by atoms with Crippen LogP contribution in [0.5, 0.6) is 17.2 Å². The minimum atomic E-state index is 0.203. The van der Waals surface area contributed by atoms with Gasteiger partial charge in [-0.25, -0.2) is 0 Å². The van der Waals surface area contributed by atoms with Crippen LogP contribution in [0, 0.1) is 0 Å². The monoisotopic (exact) mass is 230 g/mol. The Kier molecular flexibility index (Phi) is 3.19. The van der Waals surface area contributed by atoms with Crippen LogP contribution in [0.1, 0.15) is 0 Å². The third-order valence-corrected chi connectivity index (χ3v) is 2.60. The summed E-state index contributed by atoms with van der Waals surface area (Å²) in [5.74, 6) is 1.63. The molecule has 3 nitrogen and oxygen atoms in total. The lowest BCUT2D eigenvalue weighted by molar-refractivity contribution is 0.410. The summed E-state index contributed by atoms with van der Waals surface area (Å²) >= 11 is 0. The molecule has 0 aliphatic rings. The molecule has 0 aromatic heterocycles. The highest BCUT2D eigenvalue weighted by molar-refractivity contribution is 5.76. The number of benzene rings is 2. The smallest absolute Gasteiger partial charge is 0.130 e. The van der Waals surface area contributed by atoms with Crippen LogP contribution < -0.4 is 9.47 Å². The fourth-order valence-electron chi connectivity index (χ4n) is 1.74. The van der Waals surface area contributed by atoms with Crippen molar-refractivity contribution in [3.8, 4) is 28.4 Å². The van der Waals surface area contributed by atoms with E-state index in [1.807, 2.05) is 30.3 Å². The summed E-state index contributed by atoms with van der Waals surface area (Å²) in [6.45, 7) is 0. The summed E-state index contributed by atoms with van der Waals surface area (Å²) in [5.41, 5.74) is 1.58. The van der Waals surface area contributed by atoms with Crippen molar-refractivity contribution in [1.29, 1.82) is 0 Å². The zero-order chi connectivity index (χ0) is 12.3. The lowest BCUT2D eigenvalue weighted by Gasteiger charge is -2.10. The first-order chi connectivity index (χ1) is 8.26. The number of hydrogen-bond donors (Lipinski definition) is 1. The van der Waals surface area contributed by atoms with E-state index in [4.69, 9.17) is 9.47 Å². The molecule has 0 radical (unpaired) electrons. The van der Waals surface area contributed by atoms with Crippen LogP contribution in [0.25, 0.3) is 11.1 Å². The lowest BCUT2D eigenvalue weighted by atomic mass is 10.0. The first-order valence-electron chi connectivity index (χ1n) is 5.26. The molecule has 2 aromatic carbocycles. The van der Waals surface area contributed by atoms with Crippen molar-refractivity contribution in [3.63, 3.8) is 0 Å². The van der Waals surface area contributed by atoms with Gasteiger partial charge in [-0.15, -0.1) is 0 Å². The largest absolute Gasteiger partial charge is 0.507 e. The second-order valence-electron chi connectivity index (χ2n) is 3.58. The molecule has 0 bridgehead atoms. The Hall–Kier alpha value is -2.16. The summed E-state index contributed by atoms with van der Waals surface area (Å²) in [5, 5.41) is 9.89. The Morgan fingerprint density at radius 2 is 1.59 bits per heavy atom. The summed E-state index contributed by atoms with van der Waals surface area (Å²) in [6.07, 6.45) is 0. The number of ether oxygens (including phenoxy) is 2. The molecule has 0 fully saturated rings. The number of phenols is 1. The molecule has 0 amide bonds. The van der Waals surface area contributed by atoms with Crippen LogP contribution in [-0.4, -0.2) is 19.3 Å². The molecule has 3 heteroatoms. The molecule has 0 heterocycles. The molecule has 0 unspecified atom stereocenters. The van der Waals surface area contributed by atoms with E-state index in [2.05, 4.69) is 0 Å². The highest BCUT2D eigenvalue weighted by atomic mass is 16.5. The van der Waals surface area contributed by atoms with E-state index >= 15 is 0 Å². The fourth-order valence-corrected chi connectivity index (χ4v) is 1.74. The van der Waals surface area contributed by atoms with Crippen LogP contribution >= 0.6 is 0 Å².